The van der Waals surface area contributed by atoms with Gasteiger partial charge in [0.2, 0.25) is 5.88 Å². The first-order valence-corrected chi connectivity index (χ1v) is 7.21. The Balaban J connectivity index is 2.47. The number of aromatic nitrogens is 1. The van der Waals surface area contributed by atoms with Crippen molar-refractivity contribution >= 4 is 15.9 Å². The molecule has 18 heavy (non-hydrogen) atoms. The van der Waals surface area contributed by atoms with Crippen LogP contribution in [0.2, 0.25) is 0 Å². The molecule has 0 aliphatic heterocycles. The molecule has 0 unspecified atom stereocenters. The topological polar surface area (TPSA) is 25.4 Å². The van der Waals surface area contributed by atoms with Crippen LogP contribution in [-0.4, -0.2) is 35.1 Å². The minimum atomic E-state index is 0.535. The average Bonchev–Trinajstić information content (AvgIpc) is 2.28. The molecule has 4 heteroatoms. The standard InChI is InChI=1S/C14H23BrN2O/c1-10(2)17(11(3)4)6-7-18-14-8-12(5)13(15)9-16-14/h8-11H,6-7H2,1-5H3. The van der Waals surface area contributed by atoms with Gasteiger partial charge < -0.3 is 4.74 Å². The zero-order valence-electron chi connectivity index (χ0n) is 11.9. The highest BCUT2D eigenvalue weighted by Gasteiger charge is 2.13. The Kier molecular flexibility index (Phi) is 6.09. The van der Waals surface area contributed by atoms with Gasteiger partial charge in [0.25, 0.3) is 0 Å². The van der Waals surface area contributed by atoms with Crippen LogP contribution in [0.1, 0.15) is 33.3 Å². The van der Waals surface area contributed by atoms with Gasteiger partial charge in [-0.3, -0.25) is 4.90 Å². The summed E-state index contributed by atoms with van der Waals surface area (Å²) in [6, 6.07) is 3.03. The van der Waals surface area contributed by atoms with Gasteiger partial charge in [0.1, 0.15) is 6.61 Å². The molecule has 0 N–H and O–H groups in total. The van der Waals surface area contributed by atoms with Gasteiger partial charge in [-0.1, -0.05) is 0 Å². The average molecular weight is 315 g/mol. The Morgan fingerprint density at radius 2 is 1.89 bits per heavy atom. The van der Waals surface area contributed by atoms with Gasteiger partial charge >= 0.3 is 0 Å². The lowest BCUT2D eigenvalue weighted by atomic mass is 10.2. The van der Waals surface area contributed by atoms with E-state index in [1.165, 1.54) is 0 Å². The van der Waals surface area contributed by atoms with Crippen molar-refractivity contribution in [3.8, 4) is 5.88 Å². The lowest BCUT2D eigenvalue weighted by Gasteiger charge is -2.30. The highest BCUT2D eigenvalue weighted by Crippen LogP contribution is 2.18. The third-order valence-corrected chi connectivity index (χ3v) is 3.78. The van der Waals surface area contributed by atoms with Crippen LogP contribution in [0.15, 0.2) is 16.7 Å². The van der Waals surface area contributed by atoms with Crippen molar-refractivity contribution in [3.63, 3.8) is 0 Å². The molecule has 0 amide bonds. The molecule has 0 aliphatic rings. The first-order valence-electron chi connectivity index (χ1n) is 6.42. The Morgan fingerprint density at radius 1 is 1.28 bits per heavy atom. The van der Waals surface area contributed by atoms with E-state index in [0.717, 1.165) is 16.6 Å². The van der Waals surface area contributed by atoms with Crippen molar-refractivity contribution in [2.24, 2.45) is 0 Å². The van der Waals surface area contributed by atoms with Gasteiger partial charge in [-0.15, -0.1) is 0 Å². The van der Waals surface area contributed by atoms with Gasteiger partial charge in [-0.2, -0.15) is 0 Å². The van der Waals surface area contributed by atoms with Crippen molar-refractivity contribution in [3.05, 3.63) is 22.3 Å². The lowest BCUT2D eigenvalue weighted by Crippen LogP contribution is -2.39. The largest absolute Gasteiger partial charge is 0.476 e. The fourth-order valence-electron chi connectivity index (χ4n) is 1.96. The molecule has 0 saturated carbocycles. The number of halogens is 1. The maximum Gasteiger partial charge on any atom is 0.213 e. The Hall–Kier alpha value is -0.610. The van der Waals surface area contributed by atoms with Gasteiger partial charge in [0, 0.05) is 35.4 Å². The fourth-order valence-corrected chi connectivity index (χ4v) is 2.18. The van der Waals surface area contributed by atoms with Crippen molar-refractivity contribution in [1.29, 1.82) is 0 Å². The monoisotopic (exact) mass is 314 g/mol. The Bertz CT molecular complexity index is 372. The highest BCUT2D eigenvalue weighted by atomic mass is 79.9. The molecule has 0 radical (unpaired) electrons. The Morgan fingerprint density at radius 3 is 2.39 bits per heavy atom. The number of nitrogens with zero attached hydrogens (tertiary/aromatic N) is 2. The minimum Gasteiger partial charge on any atom is -0.476 e. The summed E-state index contributed by atoms with van der Waals surface area (Å²) < 4.78 is 6.71. The van der Waals surface area contributed by atoms with Crippen LogP contribution in [0, 0.1) is 6.92 Å². The molecular weight excluding hydrogens is 292 g/mol. The number of ether oxygens (including phenoxy) is 1. The number of hydrogen-bond acceptors (Lipinski definition) is 3. The molecule has 0 aliphatic carbocycles. The Labute approximate surface area is 119 Å². The number of hydrogen-bond donors (Lipinski definition) is 0. The van der Waals surface area contributed by atoms with E-state index in [4.69, 9.17) is 4.74 Å². The van der Waals surface area contributed by atoms with E-state index in [9.17, 15) is 0 Å². The first kappa shape index (κ1) is 15.4. The summed E-state index contributed by atoms with van der Waals surface area (Å²) >= 11 is 3.43. The van der Waals surface area contributed by atoms with Crippen LogP contribution in [0.3, 0.4) is 0 Å². The summed E-state index contributed by atoms with van der Waals surface area (Å²) in [7, 11) is 0. The number of pyridine rings is 1. The molecule has 1 aromatic rings. The molecular formula is C14H23BrN2O. The second-order valence-electron chi connectivity index (χ2n) is 5.05. The van der Waals surface area contributed by atoms with Crippen molar-refractivity contribution < 1.29 is 4.74 Å². The van der Waals surface area contributed by atoms with Crippen LogP contribution in [-0.2, 0) is 0 Å². The number of aryl methyl sites for hydroxylation is 1. The summed E-state index contributed by atoms with van der Waals surface area (Å²) in [6.07, 6.45) is 1.79. The van der Waals surface area contributed by atoms with Crippen LogP contribution in [0.5, 0.6) is 5.88 Å². The summed E-state index contributed by atoms with van der Waals surface area (Å²) in [6.45, 7) is 12.5. The molecule has 0 bridgehead atoms. The van der Waals surface area contributed by atoms with Crippen LogP contribution < -0.4 is 4.74 Å². The van der Waals surface area contributed by atoms with Crippen molar-refractivity contribution in [2.75, 3.05) is 13.2 Å². The fraction of sp³-hybridized carbons (Fsp3) is 0.643. The van der Waals surface area contributed by atoms with E-state index in [1.807, 2.05) is 13.0 Å². The second kappa shape index (κ2) is 7.10. The highest BCUT2D eigenvalue weighted by molar-refractivity contribution is 9.10. The number of rotatable bonds is 6. The third-order valence-electron chi connectivity index (χ3n) is 2.95. The van der Waals surface area contributed by atoms with Crippen LogP contribution >= 0.6 is 15.9 Å². The SMILES string of the molecule is Cc1cc(OCCN(C(C)C)C(C)C)ncc1Br. The predicted octanol–water partition coefficient (Wildman–Crippen LogP) is 3.65. The molecule has 1 aromatic heterocycles. The predicted molar refractivity (Wildman–Crippen MR) is 79.1 cm³/mol. The summed E-state index contributed by atoms with van der Waals surface area (Å²) in [5.41, 5.74) is 1.14. The van der Waals surface area contributed by atoms with Gasteiger partial charge in [-0.05, 0) is 56.1 Å². The maximum atomic E-state index is 5.70. The second-order valence-corrected chi connectivity index (χ2v) is 5.90. The minimum absolute atomic E-state index is 0.535. The molecule has 0 saturated heterocycles. The molecule has 0 fully saturated rings. The molecule has 1 rings (SSSR count). The summed E-state index contributed by atoms with van der Waals surface area (Å²) in [5, 5.41) is 0. The molecule has 1 heterocycles. The van der Waals surface area contributed by atoms with Crippen LogP contribution in [0.4, 0.5) is 0 Å². The van der Waals surface area contributed by atoms with E-state index >= 15 is 0 Å². The van der Waals surface area contributed by atoms with Gasteiger partial charge in [0.15, 0.2) is 0 Å². The summed E-state index contributed by atoms with van der Waals surface area (Å²) in [4.78, 5) is 6.65. The van der Waals surface area contributed by atoms with E-state index in [-0.39, 0.29) is 0 Å². The lowest BCUT2D eigenvalue weighted by molar-refractivity contribution is 0.140. The normalized spacial score (nSPS) is 11.6. The quantitative estimate of drug-likeness (QED) is 0.801. The first-order chi connectivity index (χ1) is 8.41. The molecule has 3 nitrogen and oxygen atoms in total. The van der Waals surface area contributed by atoms with E-state index in [1.54, 1.807) is 6.20 Å². The van der Waals surface area contributed by atoms with Gasteiger partial charge in [0.05, 0.1) is 0 Å². The molecule has 0 spiro atoms. The van der Waals surface area contributed by atoms with E-state index in [2.05, 4.69) is 53.5 Å². The van der Waals surface area contributed by atoms with E-state index in [0.29, 0.717) is 24.6 Å². The maximum absolute atomic E-state index is 5.70. The van der Waals surface area contributed by atoms with Crippen LogP contribution in [0.25, 0.3) is 0 Å². The van der Waals surface area contributed by atoms with E-state index < -0.39 is 0 Å². The zero-order valence-corrected chi connectivity index (χ0v) is 13.5. The van der Waals surface area contributed by atoms with Crippen molar-refractivity contribution in [1.82, 2.24) is 9.88 Å². The van der Waals surface area contributed by atoms with Gasteiger partial charge in [-0.25, -0.2) is 4.98 Å². The molecule has 102 valence electrons. The zero-order chi connectivity index (χ0) is 13.7. The third kappa shape index (κ3) is 4.58. The molecule has 0 aromatic carbocycles. The summed E-state index contributed by atoms with van der Waals surface area (Å²) in [5.74, 6) is 0.697. The molecule has 0 atom stereocenters. The van der Waals surface area contributed by atoms with Crippen molar-refractivity contribution in [2.45, 2.75) is 46.7 Å². The smallest absolute Gasteiger partial charge is 0.213 e.